The van der Waals surface area contributed by atoms with Gasteiger partial charge in [-0.25, -0.2) is 0 Å². The maximum absolute atomic E-state index is 13.2. The van der Waals surface area contributed by atoms with Crippen LogP contribution in [-0.4, -0.2) is 29.5 Å². The number of hydrogen-bond acceptors (Lipinski definition) is 4. The van der Waals surface area contributed by atoms with Crippen molar-refractivity contribution in [1.82, 2.24) is 10.2 Å². The van der Waals surface area contributed by atoms with Gasteiger partial charge in [-0.05, 0) is 43.2 Å². The van der Waals surface area contributed by atoms with Crippen LogP contribution in [0.1, 0.15) is 30.9 Å². The van der Waals surface area contributed by atoms with Crippen LogP contribution >= 0.6 is 21.0 Å². The second-order valence-electron chi connectivity index (χ2n) is 6.24. The zero-order valence-corrected chi connectivity index (χ0v) is 15.3. The van der Waals surface area contributed by atoms with Crippen LogP contribution in [0.2, 0.25) is 0 Å². The fourth-order valence-electron chi connectivity index (χ4n) is 3.19. The molecule has 1 fully saturated rings. The molecule has 0 bridgehead atoms. The lowest BCUT2D eigenvalue weighted by atomic mass is 10.1. The zero-order valence-electron chi connectivity index (χ0n) is 13.4. The van der Waals surface area contributed by atoms with Gasteiger partial charge in [0.05, 0.1) is 11.3 Å². The van der Waals surface area contributed by atoms with Gasteiger partial charge in [0.2, 0.25) is 0 Å². The number of hydrogen-bond donors (Lipinski definition) is 2. The summed E-state index contributed by atoms with van der Waals surface area (Å²) in [5.74, 6) is 0. The number of halogens is 3. The molecule has 24 heavy (non-hydrogen) atoms. The molecular formula is C16H21F3N3PS. The van der Waals surface area contributed by atoms with Crippen molar-refractivity contribution in [3.8, 4) is 0 Å². The molecule has 2 heterocycles. The van der Waals surface area contributed by atoms with Crippen molar-refractivity contribution in [2.24, 2.45) is 5.73 Å². The van der Waals surface area contributed by atoms with E-state index in [2.05, 4.69) is 26.4 Å². The first-order valence-corrected chi connectivity index (χ1v) is 9.34. The van der Waals surface area contributed by atoms with Crippen molar-refractivity contribution in [3.05, 3.63) is 34.2 Å². The van der Waals surface area contributed by atoms with E-state index < -0.39 is 11.7 Å². The summed E-state index contributed by atoms with van der Waals surface area (Å²) >= 11 is 1.49. The van der Waals surface area contributed by atoms with Crippen molar-refractivity contribution < 1.29 is 13.2 Å². The van der Waals surface area contributed by atoms with Gasteiger partial charge in [0, 0.05) is 17.5 Å². The molecule has 132 valence electrons. The van der Waals surface area contributed by atoms with Crippen LogP contribution in [0.25, 0.3) is 5.70 Å². The number of rotatable bonds is 3. The molecule has 3 N–H and O–H groups in total. The first-order chi connectivity index (χ1) is 11.3. The summed E-state index contributed by atoms with van der Waals surface area (Å²) in [4.78, 5) is 3.37. The molecule has 0 radical (unpaired) electrons. The second-order valence-corrected chi connectivity index (χ2v) is 8.10. The molecule has 3 atom stereocenters. The molecule has 0 aromatic heterocycles. The van der Waals surface area contributed by atoms with Gasteiger partial charge >= 0.3 is 6.18 Å². The van der Waals surface area contributed by atoms with Crippen LogP contribution in [0.5, 0.6) is 0 Å². The molecule has 0 saturated carbocycles. The number of benzene rings is 1. The first-order valence-electron chi connectivity index (χ1n) is 7.89. The molecule has 3 unspecified atom stereocenters. The van der Waals surface area contributed by atoms with E-state index >= 15 is 0 Å². The van der Waals surface area contributed by atoms with Crippen molar-refractivity contribution in [2.75, 3.05) is 13.1 Å². The van der Waals surface area contributed by atoms with Crippen LogP contribution in [-0.2, 0) is 6.18 Å². The third-order valence-electron chi connectivity index (χ3n) is 4.52. The van der Waals surface area contributed by atoms with E-state index in [1.807, 2.05) is 0 Å². The molecule has 3 nitrogen and oxygen atoms in total. The van der Waals surface area contributed by atoms with Gasteiger partial charge in [0.15, 0.2) is 0 Å². The highest BCUT2D eigenvalue weighted by molar-refractivity contribution is 8.04. The normalized spacial score (nSPS) is 25.4. The highest BCUT2D eigenvalue weighted by atomic mass is 32.2. The minimum atomic E-state index is -4.37. The maximum Gasteiger partial charge on any atom is 0.417 e. The fourth-order valence-corrected chi connectivity index (χ4v) is 4.56. The van der Waals surface area contributed by atoms with E-state index in [9.17, 15) is 13.2 Å². The average molecular weight is 375 g/mol. The van der Waals surface area contributed by atoms with Crippen LogP contribution in [0.3, 0.4) is 0 Å². The average Bonchev–Trinajstić information content (AvgIpc) is 3.05. The minimum Gasteiger partial charge on any atom is -0.360 e. The van der Waals surface area contributed by atoms with Crippen LogP contribution in [0, 0.1) is 0 Å². The Morgan fingerprint density at radius 3 is 2.79 bits per heavy atom. The lowest BCUT2D eigenvalue weighted by Crippen LogP contribution is -2.28. The van der Waals surface area contributed by atoms with Gasteiger partial charge in [-0.2, -0.15) is 13.2 Å². The SMILES string of the molecule is CC1CCCN1CC1=C(c2ccc(P)c(C(F)(F)F)c2)NC(N)S1. The van der Waals surface area contributed by atoms with Gasteiger partial charge in [-0.3, -0.25) is 4.90 Å². The number of nitrogens with two attached hydrogens (primary N) is 1. The van der Waals surface area contributed by atoms with Gasteiger partial charge in [-0.15, -0.1) is 9.24 Å². The molecule has 0 amide bonds. The first kappa shape index (κ1) is 18.1. The van der Waals surface area contributed by atoms with Crippen LogP contribution < -0.4 is 16.4 Å². The predicted octanol–water partition coefficient (Wildman–Crippen LogP) is 2.94. The topological polar surface area (TPSA) is 41.3 Å². The van der Waals surface area contributed by atoms with Crippen molar-refractivity contribution in [3.63, 3.8) is 0 Å². The van der Waals surface area contributed by atoms with Gasteiger partial charge in [0.25, 0.3) is 0 Å². The third-order valence-corrected chi connectivity index (χ3v) is 6.01. The summed E-state index contributed by atoms with van der Waals surface area (Å²) in [7, 11) is 2.15. The molecule has 1 aromatic rings. The minimum absolute atomic E-state index is 0.150. The number of nitrogens with zero attached hydrogens (tertiary/aromatic N) is 1. The Morgan fingerprint density at radius 1 is 1.42 bits per heavy atom. The number of nitrogens with one attached hydrogen (secondary N) is 1. The van der Waals surface area contributed by atoms with Crippen LogP contribution in [0.4, 0.5) is 13.2 Å². The van der Waals surface area contributed by atoms with E-state index in [1.54, 1.807) is 6.07 Å². The van der Waals surface area contributed by atoms with Crippen molar-refractivity contribution in [1.29, 1.82) is 0 Å². The van der Waals surface area contributed by atoms with Gasteiger partial charge < -0.3 is 11.1 Å². The Bertz CT molecular complexity index is 662. The van der Waals surface area contributed by atoms with E-state index in [-0.39, 0.29) is 10.8 Å². The Morgan fingerprint density at radius 2 is 2.17 bits per heavy atom. The van der Waals surface area contributed by atoms with Crippen LogP contribution in [0.15, 0.2) is 23.1 Å². The molecule has 0 spiro atoms. The standard InChI is InChI=1S/C16H21F3N3PS/c1-9-3-2-6-22(9)8-13-14(21-15(20)24-13)10-4-5-12(23)11(7-10)16(17,18)19/h4-5,7,9,15,21H,2-3,6,8,20,23H2,1H3. The number of thioether (sulfide) groups is 1. The summed E-state index contributed by atoms with van der Waals surface area (Å²) in [5, 5.41) is 3.28. The van der Waals surface area contributed by atoms with Crippen molar-refractivity contribution in [2.45, 2.75) is 37.5 Å². The lowest BCUT2D eigenvalue weighted by molar-refractivity contribution is -0.136. The number of likely N-dealkylation sites (tertiary alicyclic amines) is 1. The van der Waals surface area contributed by atoms with Crippen molar-refractivity contribution >= 4 is 32.0 Å². The lowest BCUT2D eigenvalue weighted by Gasteiger charge is -2.22. The highest BCUT2D eigenvalue weighted by Gasteiger charge is 2.34. The molecular weight excluding hydrogens is 354 g/mol. The smallest absolute Gasteiger partial charge is 0.360 e. The summed E-state index contributed by atoms with van der Waals surface area (Å²) in [6.45, 7) is 3.93. The zero-order chi connectivity index (χ0) is 17.5. The Kier molecular flexibility index (Phi) is 5.17. The Balaban J connectivity index is 1.94. The Labute approximate surface area is 146 Å². The summed E-state index contributed by atoms with van der Waals surface area (Å²) in [6.07, 6.45) is -2.05. The summed E-state index contributed by atoms with van der Waals surface area (Å²) < 4.78 is 39.5. The molecule has 1 saturated heterocycles. The highest BCUT2D eigenvalue weighted by Crippen LogP contribution is 2.37. The monoisotopic (exact) mass is 375 g/mol. The maximum atomic E-state index is 13.2. The molecule has 2 aliphatic rings. The molecule has 3 rings (SSSR count). The van der Waals surface area contributed by atoms with E-state index in [4.69, 9.17) is 5.73 Å². The van der Waals surface area contributed by atoms with E-state index in [1.165, 1.54) is 23.9 Å². The third kappa shape index (κ3) is 3.74. The van der Waals surface area contributed by atoms with Gasteiger partial charge in [0.1, 0.15) is 5.50 Å². The molecule has 1 aromatic carbocycles. The quantitative estimate of drug-likeness (QED) is 0.798. The summed E-state index contributed by atoms with van der Waals surface area (Å²) in [5.41, 5.74) is 6.30. The second kappa shape index (κ2) is 6.87. The summed E-state index contributed by atoms with van der Waals surface area (Å²) in [6, 6.07) is 4.90. The van der Waals surface area contributed by atoms with E-state index in [0.29, 0.717) is 11.6 Å². The molecule has 8 heteroatoms. The van der Waals surface area contributed by atoms with E-state index in [0.717, 1.165) is 36.5 Å². The largest absolute Gasteiger partial charge is 0.417 e. The Hall–Kier alpha value is -0.750. The predicted molar refractivity (Wildman–Crippen MR) is 96.7 cm³/mol. The van der Waals surface area contributed by atoms with Gasteiger partial charge in [-0.1, -0.05) is 23.9 Å². The molecule has 2 aliphatic heterocycles. The fraction of sp³-hybridized carbons (Fsp3) is 0.500. The number of alkyl halides is 3. The molecule has 0 aliphatic carbocycles.